The first kappa shape index (κ1) is 13.6. The minimum atomic E-state index is 0.757. The van der Waals surface area contributed by atoms with Gasteiger partial charge in [-0.25, -0.2) is 0 Å². The fourth-order valence-electron chi connectivity index (χ4n) is 1.72. The Bertz CT molecular complexity index is 542. The number of benzene rings is 1. The van der Waals surface area contributed by atoms with E-state index in [0.29, 0.717) is 0 Å². The van der Waals surface area contributed by atoms with Crippen LogP contribution in [0.15, 0.2) is 18.2 Å². The molecular formula is C13H17N3O2S. The standard InChI is InChI=1S/C13H17N3O2S/c1-4-7-14-13-12(15-19-16-13)10-8-9(17-2)5-6-11(10)18-3/h5-6,8H,4,7H2,1-3H3,(H,14,16). The first-order chi connectivity index (χ1) is 9.30. The topological polar surface area (TPSA) is 56.3 Å². The van der Waals surface area contributed by atoms with E-state index in [-0.39, 0.29) is 0 Å². The molecule has 0 saturated heterocycles. The van der Waals surface area contributed by atoms with Crippen LogP contribution in [-0.4, -0.2) is 29.5 Å². The predicted octanol–water partition coefficient (Wildman–Crippen LogP) is 3.04. The van der Waals surface area contributed by atoms with Crippen molar-refractivity contribution >= 4 is 17.5 Å². The summed E-state index contributed by atoms with van der Waals surface area (Å²) in [6.45, 7) is 2.98. The molecule has 1 aromatic carbocycles. The van der Waals surface area contributed by atoms with Crippen LogP contribution in [0.4, 0.5) is 5.82 Å². The van der Waals surface area contributed by atoms with Gasteiger partial charge in [0.25, 0.3) is 0 Å². The van der Waals surface area contributed by atoms with Crippen LogP contribution in [0.5, 0.6) is 11.5 Å². The summed E-state index contributed by atoms with van der Waals surface area (Å²) in [6, 6.07) is 5.64. The van der Waals surface area contributed by atoms with E-state index in [0.717, 1.165) is 41.5 Å². The summed E-state index contributed by atoms with van der Waals surface area (Å²) >= 11 is 1.19. The van der Waals surface area contributed by atoms with Crippen LogP contribution >= 0.6 is 11.7 Å². The van der Waals surface area contributed by atoms with Gasteiger partial charge in [0.2, 0.25) is 0 Å². The number of hydrogen-bond donors (Lipinski definition) is 1. The van der Waals surface area contributed by atoms with E-state index in [2.05, 4.69) is 21.0 Å². The number of anilines is 1. The number of ether oxygens (including phenoxy) is 2. The van der Waals surface area contributed by atoms with Gasteiger partial charge in [-0.05, 0) is 24.6 Å². The number of nitrogens with zero attached hydrogens (tertiary/aromatic N) is 2. The molecule has 0 bridgehead atoms. The van der Waals surface area contributed by atoms with Gasteiger partial charge in [0.15, 0.2) is 5.82 Å². The zero-order valence-corrected chi connectivity index (χ0v) is 12.1. The normalized spacial score (nSPS) is 10.3. The van der Waals surface area contributed by atoms with E-state index in [1.807, 2.05) is 18.2 Å². The lowest BCUT2D eigenvalue weighted by Gasteiger charge is -2.10. The van der Waals surface area contributed by atoms with Gasteiger partial charge in [0.05, 0.1) is 31.5 Å². The van der Waals surface area contributed by atoms with Crippen molar-refractivity contribution in [3.05, 3.63) is 18.2 Å². The van der Waals surface area contributed by atoms with Gasteiger partial charge in [-0.2, -0.15) is 8.75 Å². The number of nitrogens with one attached hydrogen (secondary N) is 1. The summed E-state index contributed by atoms with van der Waals surface area (Å²) < 4.78 is 19.3. The third-order valence-electron chi connectivity index (χ3n) is 2.69. The third kappa shape index (κ3) is 2.96. The first-order valence-corrected chi connectivity index (χ1v) is 6.82. The summed E-state index contributed by atoms with van der Waals surface area (Å²) in [5.41, 5.74) is 1.68. The van der Waals surface area contributed by atoms with Crippen molar-refractivity contribution in [1.29, 1.82) is 0 Å². The maximum Gasteiger partial charge on any atom is 0.168 e. The lowest BCUT2D eigenvalue weighted by atomic mass is 10.1. The summed E-state index contributed by atoms with van der Waals surface area (Å²) in [6.07, 6.45) is 1.03. The second-order valence-electron chi connectivity index (χ2n) is 3.95. The van der Waals surface area contributed by atoms with Gasteiger partial charge >= 0.3 is 0 Å². The maximum absolute atomic E-state index is 5.38. The Balaban J connectivity index is 2.42. The van der Waals surface area contributed by atoms with Crippen molar-refractivity contribution in [3.63, 3.8) is 0 Å². The number of aromatic nitrogens is 2. The van der Waals surface area contributed by atoms with Crippen molar-refractivity contribution in [2.75, 3.05) is 26.1 Å². The molecule has 102 valence electrons. The summed E-state index contributed by atoms with van der Waals surface area (Å²) in [5.74, 6) is 2.32. The quantitative estimate of drug-likeness (QED) is 0.880. The van der Waals surface area contributed by atoms with Crippen molar-refractivity contribution in [2.45, 2.75) is 13.3 Å². The second-order valence-corrected chi connectivity index (χ2v) is 4.48. The highest BCUT2D eigenvalue weighted by Crippen LogP contribution is 2.36. The summed E-state index contributed by atoms with van der Waals surface area (Å²) in [5, 5.41) is 3.27. The number of hydrogen-bond acceptors (Lipinski definition) is 6. The molecule has 0 atom stereocenters. The second kappa shape index (κ2) is 6.38. The van der Waals surface area contributed by atoms with Gasteiger partial charge in [0.1, 0.15) is 17.2 Å². The summed E-state index contributed by atoms with van der Waals surface area (Å²) in [7, 11) is 3.28. The fraction of sp³-hybridized carbons (Fsp3) is 0.385. The molecule has 0 aliphatic rings. The molecule has 0 unspecified atom stereocenters. The molecule has 0 amide bonds. The summed E-state index contributed by atoms with van der Waals surface area (Å²) in [4.78, 5) is 0. The van der Waals surface area contributed by atoms with Crippen molar-refractivity contribution in [2.24, 2.45) is 0 Å². The van der Waals surface area contributed by atoms with E-state index >= 15 is 0 Å². The smallest absolute Gasteiger partial charge is 0.168 e. The van der Waals surface area contributed by atoms with Crippen LogP contribution in [-0.2, 0) is 0 Å². The molecule has 1 heterocycles. The molecule has 19 heavy (non-hydrogen) atoms. The predicted molar refractivity (Wildman–Crippen MR) is 77.2 cm³/mol. The SMILES string of the molecule is CCCNc1nsnc1-c1cc(OC)ccc1OC. The van der Waals surface area contributed by atoms with Crippen LogP contribution in [0.1, 0.15) is 13.3 Å². The zero-order chi connectivity index (χ0) is 13.7. The zero-order valence-electron chi connectivity index (χ0n) is 11.3. The monoisotopic (exact) mass is 279 g/mol. The van der Waals surface area contributed by atoms with Crippen LogP contribution in [0.2, 0.25) is 0 Å². The highest BCUT2D eigenvalue weighted by atomic mass is 32.1. The average Bonchev–Trinajstić information content (AvgIpc) is 2.92. The molecule has 1 aromatic heterocycles. The van der Waals surface area contributed by atoms with E-state index in [1.165, 1.54) is 11.7 Å². The molecule has 0 saturated carbocycles. The van der Waals surface area contributed by atoms with Crippen molar-refractivity contribution < 1.29 is 9.47 Å². The Labute approximate surface area is 116 Å². The van der Waals surface area contributed by atoms with Crippen LogP contribution in [0, 0.1) is 0 Å². The van der Waals surface area contributed by atoms with Gasteiger partial charge in [-0.3, -0.25) is 0 Å². The molecule has 1 N–H and O–H groups in total. The van der Waals surface area contributed by atoms with Gasteiger partial charge in [0, 0.05) is 6.54 Å². The third-order valence-corrected chi connectivity index (χ3v) is 3.22. The van der Waals surface area contributed by atoms with Crippen molar-refractivity contribution in [1.82, 2.24) is 8.75 Å². The van der Waals surface area contributed by atoms with Crippen LogP contribution < -0.4 is 14.8 Å². The largest absolute Gasteiger partial charge is 0.497 e. The Kier molecular flexibility index (Phi) is 4.57. The molecule has 6 heteroatoms. The van der Waals surface area contributed by atoms with Gasteiger partial charge < -0.3 is 14.8 Å². The average molecular weight is 279 g/mol. The molecular weight excluding hydrogens is 262 g/mol. The minimum Gasteiger partial charge on any atom is -0.497 e. The molecule has 0 spiro atoms. The number of methoxy groups -OCH3 is 2. The highest BCUT2D eigenvalue weighted by molar-refractivity contribution is 6.99. The Morgan fingerprint density at radius 3 is 2.74 bits per heavy atom. The van der Waals surface area contributed by atoms with Crippen molar-refractivity contribution in [3.8, 4) is 22.8 Å². The van der Waals surface area contributed by atoms with E-state index in [1.54, 1.807) is 14.2 Å². The molecule has 0 aliphatic heterocycles. The van der Waals surface area contributed by atoms with Crippen LogP contribution in [0.3, 0.4) is 0 Å². The maximum atomic E-state index is 5.38. The Morgan fingerprint density at radius 1 is 1.21 bits per heavy atom. The molecule has 0 fully saturated rings. The molecule has 0 aliphatic carbocycles. The Morgan fingerprint density at radius 2 is 2.05 bits per heavy atom. The lowest BCUT2D eigenvalue weighted by Crippen LogP contribution is -2.01. The molecule has 2 aromatic rings. The first-order valence-electron chi connectivity index (χ1n) is 6.09. The fourth-order valence-corrected chi connectivity index (χ4v) is 2.26. The Hall–Kier alpha value is -1.82. The minimum absolute atomic E-state index is 0.757. The van der Waals surface area contributed by atoms with E-state index in [9.17, 15) is 0 Å². The van der Waals surface area contributed by atoms with E-state index < -0.39 is 0 Å². The number of rotatable bonds is 6. The van der Waals surface area contributed by atoms with Gasteiger partial charge in [-0.1, -0.05) is 6.92 Å². The van der Waals surface area contributed by atoms with Crippen LogP contribution in [0.25, 0.3) is 11.3 Å². The molecule has 2 rings (SSSR count). The highest BCUT2D eigenvalue weighted by Gasteiger charge is 2.15. The molecule has 0 radical (unpaired) electrons. The molecule has 5 nitrogen and oxygen atoms in total. The van der Waals surface area contributed by atoms with E-state index in [4.69, 9.17) is 9.47 Å². The van der Waals surface area contributed by atoms with Gasteiger partial charge in [-0.15, -0.1) is 0 Å². The lowest BCUT2D eigenvalue weighted by molar-refractivity contribution is 0.404.